The van der Waals surface area contributed by atoms with Crippen LogP contribution in [0.1, 0.15) is 45.6 Å². The number of nitro groups is 1. The van der Waals surface area contributed by atoms with Crippen LogP contribution in [0.15, 0.2) is 75.9 Å². The number of fused-ring (bicyclic) bond motifs is 2. The molecule has 2 bridgehead atoms. The van der Waals surface area contributed by atoms with Crippen molar-refractivity contribution in [1.29, 1.82) is 0 Å². The predicted molar refractivity (Wildman–Crippen MR) is 154 cm³/mol. The summed E-state index contributed by atoms with van der Waals surface area (Å²) < 4.78 is 0. The van der Waals surface area contributed by atoms with E-state index in [1.807, 2.05) is 30.3 Å². The van der Waals surface area contributed by atoms with Gasteiger partial charge in [-0.1, -0.05) is 51.1 Å². The van der Waals surface area contributed by atoms with Crippen molar-refractivity contribution in [3.8, 4) is 11.3 Å². The zero-order valence-electron chi connectivity index (χ0n) is 21.9. The number of nitro benzene ring substituents is 1. The lowest BCUT2D eigenvalue weighted by molar-refractivity contribution is -0.384. The molecule has 3 aliphatic rings. The molecule has 2 heterocycles. The lowest BCUT2D eigenvalue weighted by atomic mass is 9.70. The van der Waals surface area contributed by atoms with Crippen LogP contribution in [0.3, 0.4) is 0 Å². The number of para-hydroxylation sites is 1. The first-order chi connectivity index (χ1) is 18.7. The second kappa shape index (κ2) is 9.30. The van der Waals surface area contributed by atoms with Gasteiger partial charge in [0.1, 0.15) is 0 Å². The van der Waals surface area contributed by atoms with Crippen molar-refractivity contribution in [1.82, 2.24) is 10.2 Å². The van der Waals surface area contributed by atoms with Gasteiger partial charge in [-0.15, -0.1) is 5.10 Å². The summed E-state index contributed by atoms with van der Waals surface area (Å²) in [5.74, 6) is 0.393. The first-order valence-electron chi connectivity index (χ1n) is 12.9. The highest BCUT2D eigenvalue weighted by atomic mass is 32.2. The minimum atomic E-state index is -0.436. The van der Waals surface area contributed by atoms with Crippen LogP contribution in [0.5, 0.6) is 0 Å². The van der Waals surface area contributed by atoms with E-state index < -0.39 is 4.92 Å². The smallest absolute Gasteiger partial charge is 0.271 e. The van der Waals surface area contributed by atoms with Crippen molar-refractivity contribution in [3.05, 3.63) is 81.4 Å². The number of nitrogens with zero attached hydrogens (tertiary/aromatic N) is 5. The fourth-order valence-electron chi connectivity index (χ4n) is 6.08. The maximum atomic E-state index is 13.7. The molecular weight excluding hydrogens is 512 g/mol. The molecule has 2 saturated carbocycles. The summed E-state index contributed by atoms with van der Waals surface area (Å²) in [4.78, 5) is 26.6. The van der Waals surface area contributed by atoms with Crippen LogP contribution < -0.4 is 4.90 Å². The molecule has 6 rings (SSSR count). The van der Waals surface area contributed by atoms with Crippen molar-refractivity contribution in [2.75, 3.05) is 4.90 Å². The van der Waals surface area contributed by atoms with Gasteiger partial charge in [-0.05, 0) is 60.6 Å². The Bertz CT molecular complexity index is 1570. The van der Waals surface area contributed by atoms with E-state index >= 15 is 0 Å². The Labute approximate surface area is 230 Å². The van der Waals surface area contributed by atoms with E-state index in [4.69, 9.17) is 5.10 Å². The monoisotopic (exact) mass is 540 g/mol. The normalized spacial score (nSPS) is 26.8. The largest absolute Gasteiger partial charge is 0.277 e. The number of carbonyl (C=O) groups is 1. The van der Waals surface area contributed by atoms with Crippen LogP contribution in [-0.4, -0.2) is 31.9 Å². The van der Waals surface area contributed by atoms with E-state index in [1.165, 1.54) is 30.3 Å². The number of non-ortho nitro benzene ring substituents is 1. The maximum absolute atomic E-state index is 13.7. The summed E-state index contributed by atoms with van der Waals surface area (Å²) in [7, 11) is 0. The molecule has 1 amide bonds. The molecule has 0 spiro atoms. The van der Waals surface area contributed by atoms with Gasteiger partial charge in [-0.2, -0.15) is 10.2 Å². The fraction of sp³-hybridized carbons (Fsp3) is 0.310. The summed E-state index contributed by atoms with van der Waals surface area (Å²) >= 11 is 1.26. The first-order valence-corrected chi connectivity index (χ1v) is 13.7. The molecule has 1 N–H and O–H groups in total. The topological polar surface area (TPSA) is 117 Å². The van der Waals surface area contributed by atoms with Gasteiger partial charge in [0.25, 0.3) is 11.6 Å². The van der Waals surface area contributed by atoms with Gasteiger partial charge in [-0.25, -0.2) is 0 Å². The van der Waals surface area contributed by atoms with Crippen LogP contribution in [0.4, 0.5) is 11.4 Å². The lowest BCUT2D eigenvalue weighted by Gasteiger charge is -2.34. The van der Waals surface area contributed by atoms with Crippen molar-refractivity contribution in [3.63, 3.8) is 0 Å². The standard InChI is InChI=1S/C29H28N6O3S/c1-28(2)20-12-13-29(28,3)24(16-20)31-33-27-34(21-9-5-4-6-10-21)26(36)23(39-27)15-19-17-30-32-25(19)18-8-7-11-22(14-18)35(37)38/h4-11,14-15,17,20H,12-13,16H2,1-3H3,(H,30,32). The summed E-state index contributed by atoms with van der Waals surface area (Å²) in [6, 6.07) is 15.7. The van der Waals surface area contributed by atoms with E-state index in [1.54, 1.807) is 29.3 Å². The van der Waals surface area contributed by atoms with E-state index in [0.29, 0.717) is 38.5 Å². The molecule has 10 heteroatoms. The van der Waals surface area contributed by atoms with Crippen LogP contribution >= 0.6 is 11.8 Å². The summed E-state index contributed by atoms with van der Waals surface area (Å²) in [5, 5.41) is 28.3. The van der Waals surface area contributed by atoms with Crippen molar-refractivity contribution in [2.45, 2.75) is 40.0 Å². The third-order valence-corrected chi connectivity index (χ3v) is 9.85. The number of H-pyrrole nitrogens is 1. The van der Waals surface area contributed by atoms with Gasteiger partial charge in [0.05, 0.1) is 27.4 Å². The third kappa shape index (κ3) is 4.10. The molecule has 2 aliphatic carbocycles. The highest BCUT2D eigenvalue weighted by Crippen LogP contribution is 2.64. The molecule has 1 aliphatic heterocycles. The van der Waals surface area contributed by atoms with E-state index in [0.717, 1.165) is 18.6 Å². The average Bonchev–Trinajstić information content (AvgIpc) is 3.62. The molecule has 39 heavy (non-hydrogen) atoms. The lowest BCUT2D eigenvalue weighted by Crippen LogP contribution is -2.32. The summed E-state index contributed by atoms with van der Waals surface area (Å²) in [6.45, 7) is 6.95. The molecule has 2 unspecified atom stereocenters. The van der Waals surface area contributed by atoms with E-state index in [2.05, 4.69) is 36.1 Å². The Balaban J connectivity index is 1.38. The average molecular weight is 541 g/mol. The van der Waals surface area contributed by atoms with Gasteiger partial charge in [0.2, 0.25) is 5.17 Å². The SMILES string of the molecule is CC12CCC(CC1=NN=C1SC(=Cc3cn[nH]c3-c3cccc([N+](=O)[O-])c3)C(=O)N1c1ccccc1)C2(C)C. The number of amidine groups is 1. The Kier molecular flexibility index (Phi) is 6.02. The van der Waals surface area contributed by atoms with Crippen LogP contribution in [0, 0.1) is 26.9 Å². The second-order valence-corrected chi connectivity index (χ2v) is 12.0. The van der Waals surface area contributed by atoms with Gasteiger partial charge < -0.3 is 0 Å². The number of rotatable bonds is 5. The summed E-state index contributed by atoms with van der Waals surface area (Å²) in [6.07, 6.45) is 6.62. The Morgan fingerprint density at radius 2 is 1.95 bits per heavy atom. The molecule has 1 aromatic heterocycles. The van der Waals surface area contributed by atoms with Crippen molar-refractivity contribution >= 4 is 46.0 Å². The minimum Gasteiger partial charge on any atom is -0.277 e. The number of hydrogen-bond acceptors (Lipinski definition) is 7. The molecule has 3 fully saturated rings. The number of hydrogen-bond donors (Lipinski definition) is 1. The number of aromatic nitrogens is 2. The van der Waals surface area contributed by atoms with Crippen LogP contribution in [0.2, 0.25) is 0 Å². The molecule has 2 aromatic carbocycles. The number of amides is 1. The van der Waals surface area contributed by atoms with Crippen molar-refractivity contribution < 1.29 is 9.72 Å². The molecule has 9 nitrogen and oxygen atoms in total. The van der Waals surface area contributed by atoms with Gasteiger partial charge in [-0.3, -0.25) is 24.9 Å². The van der Waals surface area contributed by atoms with E-state index in [-0.39, 0.29) is 22.4 Å². The van der Waals surface area contributed by atoms with Gasteiger partial charge in [0.15, 0.2) is 0 Å². The zero-order valence-corrected chi connectivity index (χ0v) is 22.7. The van der Waals surface area contributed by atoms with Gasteiger partial charge in [0, 0.05) is 34.4 Å². The molecular formula is C29H28N6O3S. The van der Waals surface area contributed by atoms with Crippen LogP contribution in [-0.2, 0) is 4.79 Å². The minimum absolute atomic E-state index is 0.00917. The number of anilines is 1. The number of thioether (sulfide) groups is 1. The zero-order chi connectivity index (χ0) is 27.4. The fourth-order valence-corrected chi connectivity index (χ4v) is 7.00. The molecule has 1 saturated heterocycles. The number of benzene rings is 2. The Morgan fingerprint density at radius 1 is 1.15 bits per heavy atom. The third-order valence-electron chi connectivity index (χ3n) is 8.89. The number of aromatic amines is 1. The highest BCUT2D eigenvalue weighted by Gasteiger charge is 2.60. The highest BCUT2D eigenvalue weighted by molar-refractivity contribution is 8.19. The van der Waals surface area contributed by atoms with Crippen molar-refractivity contribution in [2.24, 2.45) is 27.0 Å². The summed E-state index contributed by atoms with van der Waals surface area (Å²) in [5.41, 5.74) is 3.84. The molecule has 198 valence electrons. The predicted octanol–water partition coefficient (Wildman–Crippen LogP) is 6.66. The molecule has 2 atom stereocenters. The maximum Gasteiger partial charge on any atom is 0.271 e. The molecule has 0 radical (unpaired) electrons. The van der Waals surface area contributed by atoms with Crippen LogP contribution in [0.25, 0.3) is 17.3 Å². The number of nitrogens with one attached hydrogen (secondary N) is 1. The number of carbonyl (C=O) groups excluding carboxylic acids is 1. The van der Waals surface area contributed by atoms with E-state index in [9.17, 15) is 14.9 Å². The molecule has 3 aromatic rings. The second-order valence-electron chi connectivity index (χ2n) is 11.0. The first kappa shape index (κ1) is 25.2. The Morgan fingerprint density at radius 3 is 2.64 bits per heavy atom. The quantitative estimate of drug-likeness (QED) is 0.220. The van der Waals surface area contributed by atoms with Gasteiger partial charge >= 0.3 is 0 Å². The Hall–Kier alpha value is -4.05.